The summed E-state index contributed by atoms with van der Waals surface area (Å²) in [5.74, 6) is 2.47. The fourth-order valence-corrected chi connectivity index (χ4v) is 2.67. The normalized spacial score (nSPS) is 15.4. The highest BCUT2D eigenvalue weighted by Crippen LogP contribution is 2.28. The van der Waals surface area contributed by atoms with Crippen LogP contribution in [-0.4, -0.2) is 29.0 Å². The lowest BCUT2D eigenvalue weighted by Gasteiger charge is -2.21. The summed E-state index contributed by atoms with van der Waals surface area (Å²) >= 11 is 2.03. The van der Waals surface area contributed by atoms with Gasteiger partial charge in [-0.1, -0.05) is 19.1 Å². The van der Waals surface area contributed by atoms with Gasteiger partial charge in [0.05, 0.1) is 0 Å². The first-order valence-electron chi connectivity index (χ1n) is 6.46. The lowest BCUT2D eigenvalue weighted by molar-refractivity contribution is 0.272. The summed E-state index contributed by atoms with van der Waals surface area (Å²) in [5.41, 5.74) is 7.95. The lowest BCUT2D eigenvalue weighted by Crippen LogP contribution is -2.28. The number of hydrogen-bond donors (Lipinski definition) is 1. The predicted octanol–water partition coefficient (Wildman–Crippen LogP) is 2.99. The van der Waals surface area contributed by atoms with Crippen LogP contribution in [0.1, 0.15) is 25.3 Å². The molecule has 1 aromatic rings. The molecule has 0 aromatic heterocycles. The predicted molar refractivity (Wildman–Crippen MR) is 77.3 cm³/mol. The van der Waals surface area contributed by atoms with E-state index in [0.717, 1.165) is 18.3 Å². The molecular formula is C14H22N2S. The number of thioether (sulfide) groups is 1. The summed E-state index contributed by atoms with van der Waals surface area (Å²) in [7, 11) is 0. The average molecular weight is 250 g/mol. The molecule has 0 saturated heterocycles. The van der Waals surface area contributed by atoms with Crippen molar-refractivity contribution in [2.45, 2.75) is 32.4 Å². The second-order valence-corrected chi connectivity index (χ2v) is 6.03. The first kappa shape index (κ1) is 12.8. The van der Waals surface area contributed by atoms with Crippen molar-refractivity contribution in [1.29, 1.82) is 0 Å². The molecule has 2 N–H and O–H groups in total. The van der Waals surface area contributed by atoms with Crippen molar-refractivity contribution >= 4 is 17.4 Å². The highest BCUT2D eigenvalue weighted by molar-refractivity contribution is 7.99. The van der Waals surface area contributed by atoms with Crippen LogP contribution in [0.15, 0.2) is 24.3 Å². The van der Waals surface area contributed by atoms with E-state index in [1.165, 1.54) is 36.5 Å². The van der Waals surface area contributed by atoms with Gasteiger partial charge in [0.2, 0.25) is 0 Å². The van der Waals surface area contributed by atoms with Gasteiger partial charge in [-0.25, -0.2) is 0 Å². The molecule has 0 amide bonds. The average Bonchev–Trinajstić information content (AvgIpc) is 3.15. The molecular weight excluding hydrogens is 228 g/mol. The van der Waals surface area contributed by atoms with Gasteiger partial charge in [0.15, 0.2) is 0 Å². The van der Waals surface area contributed by atoms with Crippen LogP contribution in [0.4, 0.5) is 5.69 Å². The van der Waals surface area contributed by atoms with Gasteiger partial charge >= 0.3 is 0 Å². The maximum absolute atomic E-state index is 5.71. The Bertz CT molecular complexity index is 333. The quantitative estimate of drug-likeness (QED) is 0.596. The van der Waals surface area contributed by atoms with Crippen LogP contribution in [0, 0.1) is 0 Å². The number of rotatable bonds is 7. The smallest absolute Gasteiger partial charge is 0.0314 e. The second-order valence-electron chi connectivity index (χ2n) is 4.64. The Hall–Kier alpha value is -0.670. The molecule has 1 fully saturated rings. The first-order chi connectivity index (χ1) is 8.29. The van der Waals surface area contributed by atoms with Gasteiger partial charge < -0.3 is 5.73 Å². The largest absolute Gasteiger partial charge is 0.399 e. The highest BCUT2D eigenvalue weighted by Gasteiger charge is 2.28. The van der Waals surface area contributed by atoms with Crippen LogP contribution < -0.4 is 5.73 Å². The van der Waals surface area contributed by atoms with Crippen LogP contribution in [0.25, 0.3) is 0 Å². The number of nitrogens with zero attached hydrogens (tertiary/aromatic N) is 1. The van der Waals surface area contributed by atoms with E-state index in [1.807, 2.05) is 23.9 Å². The van der Waals surface area contributed by atoms with Gasteiger partial charge in [-0.05, 0) is 36.3 Å². The molecule has 3 heteroatoms. The fourth-order valence-electron chi connectivity index (χ4n) is 2.01. The molecule has 94 valence electrons. The minimum Gasteiger partial charge on any atom is -0.399 e. The van der Waals surface area contributed by atoms with E-state index < -0.39 is 0 Å². The Morgan fingerprint density at radius 2 is 2.00 bits per heavy atom. The van der Waals surface area contributed by atoms with Crippen LogP contribution in [0.3, 0.4) is 0 Å². The molecule has 1 saturated carbocycles. The topological polar surface area (TPSA) is 29.3 Å². The van der Waals surface area contributed by atoms with Crippen molar-refractivity contribution in [2.24, 2.45) is 0 Å². The molecule has 1 aromatic carbocycles. The molecule has 1 aliphatic rings. The summed E-state index contributed by atoms with van der Waals surface area (Å²) in [4.78, 5) is 2.62. The van der Waals surface area contributed by atoms with E-state index in [2.05, 4.69) is 24.0 Å². The molecule has 2 nitrogen and oxygen atoms in total. The Morgan fingerprint density at radius 3 is 2.59 bits per heavy atom. The highest BCUT2D eigenvalue weighted by atomic mass is 32.2. The van der Waals surface area contributed by atoms with Crippen molar-refractivity contribution in [1.82, 2.24) is 4.90 Å². The Labute approximate surface area is 109 Å². The van der Waals surface area contributed by atoms with E-state index >= 15 is 0 Å². The summed E-state index contributed by atoms with van der Waals surface area (Å²) in [5, 5.41) is 0. The van der Waals surface area contributed by atoms with Gasteiger partial charge in [-0.15, -0.1) is 0 Å². The molecule has 2 rings (SSSR count). The number of nitrogen functional groups attached to an aromatic ring is 1. The monoisotopic (exact) mass is 250 g/mol. The molecule has 0 unspecified atom stereocenters. The van der Waals surface area contributed by atoms with Gasteiger partial charge in [0.1, 0.15) is 0 Å². The maximum atomic E-state index is 5.71. The third-order valence-corrected chi connectivity index (χ3v) is 4.04. The number of anilines is 1. The first-order valence-corrected chi connectivity index (χ1v) is 7.61. The summed E-state index contributed by atoms with van der Waals surface area (Å²) in [6.45, 7) is 4.52. The number of benzene rings is 1. The van der Waals surface area contributed by atoms with E-state index in [1.54, 1.807) is 0 Å². The molecule has 0 aliphatic heterocycles. The molecule has 0 bridgehead atoms. The third-order valence-electron chi connectivity index (χ3n) is 3.16. The molecule has 0 spiro atoms. The van der Waals surface area contributed by atoms with Crippen LogP contribution in [0.5, 0.6) is 0 Å². The minimum atomic E-state index is 0.838. The summed E-state index contributed by atoms with van der Waals surface area (Å²) in [6.07, 6.45) is 2.76. The second kappa shape index (κ2) is 6.31. The SMILES string of the molecule is CCSCCN(Cc1ccc(N)cc1)C1CC1. The van der Waals surface area contributed by atoms with Crippen LogP contribution in [0.2, 0.25) is 0 Å². The zero-order chi connectivity index (χ0) is 12.1. The number of nitrogens with two attached hydrogens (primary N) is 1. The molecule has 0 heterocycles. The lowest BCUT2D eigenvalue weighted by atomic mass is 10.2. The van der Waals surface area contributed by atoms with Gasteiger partial charge in [-0.2, -0.15) is 11.8 Å². The minimum absolute atomic E-state index is 0.838. The molecule has 0 atom stereocenters. The van der Waals surface area contributed by atoms with Gasteiger partial charge in [0, 0.05) is 30.6 Å². The molecule has 0 radical (unpaired) electrons. The third kappa shape index (κ3) is 4.25. The van der Waals surface area contributed by atoms with Crippen molar-refractivity contribution in [3.8, 4) is 0 Å². The van der Waals surface area contributed by atoms with Crippen molar-refractivity contribution in [3.63, 3.8) is 0 Å². The van der Waals surface area contributed by atoms with E-state index in [4.69, 9.17) is 5.73 Å². The van der Waals surface area contributed by atoms with Gasteiger partial charge in [0.25, 0.3) is 0 Å². The van der Waals surface area contributed by atoms with E-state index in [-0.39, 0.29) is 0 Å². The Balaban J connectivity index is 1.86. The Morgan fingerprint density at radius 1 is 1.29 bits per heavy atom. The van der Waals surface area contributed by atoms with Gasteiger partial charge in [-0.3, -0.25) is 4.90 Å². The van der Waals surface area contributed by atoms with Crippen LogP contribution in [-0.2, 0) is 6.54 Å². The zero-order valence-electron chi connectivity index (χ0n) is 10.6. The maximum Gasteiger partial charge on any atom is 0.0314 e. The van der Waals surface area contributed by atoms with Crippen LogP contribution >= 0.6 is 11.8 Å². The summed E-state index contributed by atoms with van der Waals surface area (Å²) < 4.78 is 0. The summed E-state index contributed by atoms with van der Waals surface area (Å²) in [6, 6.07) is 9.14. The van der Waals surface area contributed by atoms with Crippen molar-refractivity contribution < 1.29 is 0 Å². The van der Waals surface area contributed by atoms with E-state index in [0.29, 0.717) is 0 Å². The fraction of sp³-hybridized carbons (Fsp3) is 0.571. The number of hydrogen-bond acceptors (Lipinski definition) is 3. The van der Waals surface area contributed by atoms with Crippen molar-refractivity contribution in [2.75, 3.05) is 23.8 Å². The van der Waals surface area contributed by atoms with E-state index in [9.17, 15) is 0 Å². The molecule has 1 aliphatic carbocycles. The standard InChI is InChI=1S/C14H22N2S/c1-2-17-10-9-16(14-7-8-14)11-12-3-5-13(15)6-4-12/h3-6,14H,2,7-11,15H2,1H3. The molecule has 17 heavy (non-hydrogen) atoms. The zero-order valence-corrected chi connectivity index (χ0v) is 11.4. The Kier molecular flexibility index (Phi) is 4.75. The van der Waals surface area contributed by atoms with Crippen molar-refractivity contribution in [3.05, 3.63) is 29.8 Å².